The molecule has 0 aliphatic heterocycles. The third-order valence-corrected chi connectivity index (χ3v) is 5.08. The van der Waals surface area contributed by atoms with Gasteiger partial charge in [-0.3, -0.25) is 19.2 Å². The summed E-state index contributed by atoms with van der Waals surface area (Å²) in [6.45, 7) is 1.51. The minimum atomic E-state index is -0.827. The normalized spacial score (nSPS) is 10.2. The first-order valence-corrected chi connectivity index (χ1v) is 9.89. The van der Waals surface area contributed by atoms with Gasteiger partial charge in [0.1, 0.15) is 0 Å². The highest BCUT2D eigenvalue weighted by Crippen LogP contribution is 2.20. The molecule has 1 heterocycles. The van der Waals surface area contributed by atoms with Gasteiger partial charge in [-0.15, -0.1) is 11.3 Å². The molecule has 152 valence electrons. The number of amides is 3. The summed E-state index contributed by atoms with van der Waals surface area (Å²) < 4.78 is 0. The molecule has 0 unspecified atom stereocenters. The largest absolute Gasteiger partial charge is 0.343 e. The number of carbonyl (C=O) groups excluding carboxylic acids is 4. The molecular weight excluding hydrogens is 402 g/mol. The Morgan fingerprint density at radius 2 is 1.50 bits per heavy atom. The Labute approximate surface area is 177 Å². The van der Waals surface area contributed by atoms with Crippen LogP contribution in [0.3, 0.4) is 0 Å². The number of rotatable bonds is 6. The minimum Gasteiger partial charge on any atom is -0.343 e. The molecule has 1 aromatic heterocycles. The number of thiophene rings is 1. The van der Waals surface area contributed by atoms with E-state index in [1.54, 1.807) is 60.7 Å². The van der Waals surface area contributed by atoms with Gasteiger partial charge >= 0.3 is 11.8 Å². The van der Waals surface area contributed by atoms with Gasteiger partial charge in [-0.25, -0.2) is 0 Å². The van der Waals surface area contributed by atoms with Gasteiger partial charge in [-0.05, 0) is 30.3 Å². The maximum atomic E-state index is 12.4. The second kappa shape index (κ2) is 9.62. The van der Waals surface area contributed by atoms with Gasteiger partial charge in [-0.2, -0.15) is 0 Å². The first-order chi connectivity index (χ1) is 14.4. The number of anilines is 2. The van der Waals surface area contributed by atoms with Crippen LogP contribution in [0, 0.1) is 0 Å². The maximum Gasteiger partial charge on any atom is 0.313 e. The van der Waals surface area contributed by atoms with Crippen molar-refractivity contribution in [2.75, 3.05) is 10.6 Å². The van der Waals surface area contributed by atoms with Crippen LogP contribution in [0.25, 0.3) is 0 Å². The standard InChI is InChI=1S/C22H19N3O4S/c1-14(26)24-16-8-5-9-17(12-16)25-22(29)21(28)23-13-18-10-11-19(30-18)20(27)15-6-3-2-4-7-15/h2-12H,13H2,1H3,(H,23,28)(H,24,26)(H,25,29). The molecular formula is C22H19N3O4S. The molecule has 3 rings (SSSR count). The molecule has 0 spiro atoms. The zero-order chi connectivity index (χ0) is 21.5. The average Bonchev–Trinajstić information content (AvgIpc) is 3.21. The van der Waals surface area contributed by atoms with Crippen LogP contribution in [-0.2, 0) is 20.9 Å². The average molecular weight is 421 g/mol. The van der Waals surface area contributed by atoms with Gasteiger partial charge in [0, 0.05) is 28.7 Å². The molecule has 7 nitrogen and oxygen atoms in total. The molecule has 0 radical (unpaired) electrons. The van der Waals surface area contributed by atoms with Crippen molar-refractivity contribution in [1.29, 1.82) is 0 Å². The van der Waals surface area contributed by atoms with E-state index in [2.05, 4.69) is 16.0 Å². The van der Waals surface area contributed by atoms with Crippen LogP contribution in [0.15, 0.2) is 66.7 Å². The topological polar surface area (TPSA) is 104 Å². The summed E-state index contributed by atoms with van der Waals surface area (Å²) in [4.78, 5) is 49.1. The van der Waals surface area contributed by atoms with Crippen molar-refractivity contribution in [3.63, 3.8) is 0 Å². The van der Waals surface area contributed by atoms with E-state index in [1.807, 2.05) is 6.07 Å². The molecule has 2 aromatic carbocycles. The summed E-state index contributed by atoms with van der Waals surface area (Å²) in [6.07, 6.45) is 0. The fraction of sp³-hybridized carbons (Fsp3) is 0.0909. The molecule has 3 aromatic rings. The number of hydrogen-bond acceptors (Lipinski definition) is 5. The number of hydrogen-bond donors (Lipinski definition) is 3. The highest BCUT2D eigenvalue weighted by Gasteiger charge is 2.15. The molecule has 30 heavy (non-hydrogen) atoms. The van der Waals surface area contributed by atoms with E-state index in [0.29, 0.717) is 21.8 Å². The summed E-state index contributed by atoms with van der Waals surface area (Å²) >= 11 is 1.26. The highest BCUT2D eigenvalue weighted by molar-refractivity contribution is 7.14. The number of carbonyl (C=O) groups is 4. The summed E-state index contributed by atoms with van der Waals surface area (Å²) in [5.41, 5.74) is 1.49. The van der Waals surface area contributed by atoms with E-state index >= 15 is 0 Å². The maximum absolute atomic E-state index is 12.4. The fourth-order valence-electron chi connectivity index (χ4n) is 2.64. The predicted octanol–water partition coefficient (Wildman–Crippen LogP) is 3.19. The van der Waals surface area contributed by atoms with E-state index in [9.17, 15) is 19.2 Å². The Kier molecular flexibility index (Phi) is 6.71. The van der Waals surface area contributed by atoms with Gasteiger partial charge < -0.3 is 16.0 Å². The van der Waals surface area contributed by atoms with E-state index in [-0.39, 0.29) is 18.2 Å². The van der Waals surface area contributed by atoms with Crippen molar-refractivity contribution in [3.05, 3.63) is 82.0 Å². The molecule has 0 aliphatic rings. The second-order valence-electron chi connectivity index (χ2n) is 6.36. The molecule has 0 fully saturated rings. The monoisotopic (exact) mass is 421 g/mol. The lowest BCUT2D eigenvalue weighted by atomic mass is 10.1. The molecule has 3 N–H and O–H groups in total. The Morgan fingerprint density at radius 1 is 0.800 bits per heavy atom. The number of benzene rings is 2. The molecule has 0 saturated heterocycles. The summed E-state index contributed by atoms with van der Waals surface area (Å²) in [5, 5.41) is 7.62. The Morgan fingerprint density at radius 3 is 2.20 bits per heavy atom. The Balaban J connectivity index is 1.54. The van der Waals surface area contributed by atoms with Gasteiger partial charge in [0.05, 0.1) is 11.4 Å². The van der Waals surface area contributed by atoms with Crippen molar-refractivity contribution in [2.24, 2.45) is 0 Å². The third-order valence-electron chi connectivity index (χ3n) is 3.99. The predicted molar refractivity (Wildman–Crippen MR) is 115 cm³/mol. The van der Waals surface area contributed by atoms with Crippen LogP contribution in [0.2, 0.25) is 0 Å². The lowest BCUT2D eigenvalue weighted by Gasteiger charge is -2.08. The van der Waals surface area contributed by atoms with E-state index in [1.165, 1.54) is 18.3 Å². The van der Waals surface area contributed by atoms with Crippen molar-refractivity contribution < 1.29 is 19.2 Å². The van der Waals surface area contributed by atoms with Crippen LogP contribution in [0.5, 0.6) is 0 Å². The second-order valence-corrected chi connectivity index (χ2v) is 7.53. The molecule has 0 aliphatic carbocycles. The summed E-state index contributed by atoms with van der Waals surface area (Å²) in [6, 6.07) is 18.9. The SMILES string of the molecule is CC(=O)Nc1cccc(NC(=O)C(=O)NCc2ccc(C(=O)c3ccccc3)s2)c1. The zero-order valence-electron chi connectivity index (χ0n) is 16.1. The highest BCUT2D eigenvalue weighted by atomic mass is 32.1. The van der Waals surface area contributed by atoms with E-state index in [0.717, 1.165) is 4.88 Å². The molecule has 3 amide bonds. The quantitative estimate of drug-likeness (QED) is 0.420. The van der Waals surface area contributed by atoms with E-state index in [4.69, 9.17) is 0 Å². The molecule has 0 saturated carbocycles. The Bertz CT molecular complexity index is 1090. The Hall–Kier alpha value is -3.78. The van der Waals surface area contributed by atoms with Crippen LogP contribution in [0.1, 0.15) is 27.0 Å². The van der Waals surface area contributed by atoms with Gasteiger partial charge in [0.15, 0.2) is 0 Å². The lowest BCUT2D eigenvalue weighted by Crippen LogP contribution is -2.34. The first-order valence-electron chi connectivity index (χ1n) is 9.07. The van der Waals surface area contributed by atoms with Crippen molar-refractivity contribution in [1.82, 2.24) is 5.32 Å². The van der Waals surface area contributed by atoms with Gasteiger partial charge in [0.25, 0.3) is 0 Å². The van der Waals surface area contributed by atoms with Crippen LogP contribution < -0.4 is 16.0 Å². The van der Waals surface area contributed by atoms with Crippen LogP contribution >= 0.6 is 11.3 Å². The van der Waals surface area contributed by atoms with Gasteiger partial charge in [0.2, 0.25) is 11.7 Å². The van der Waals surface area contributed by atoms with Crippen molar-refractivity contribution in [2.45, 2.75) is 13.5 Å². The zero-order valence-corrected chi connectivity index (χ0v) is 16.9. The first kappa shape index (κ1) is 20.9. The van der Waals surface area contributed by atoms with Gasteiger partial charge in [-0.1, -0.05) is 36.4 Å². The number of ketones is 1. The van der Waals surface area contributed by atoms with Crippen LogP contribution in [0.4, 0.5) is 11.4 Å². The summed E-state index contributed by atoms with van der Waals surface area (Å²) in [7, 11) is 0. The molecule has 0 bridgehead atoms. The van der Waals surface area contributed by atoms with Crippen molar-refractivity contribution in [3.8, 4) is 0 Å². The van der Waals surface area contributed by atoms with Crippen molar-refractivity contribution >= 4 is 46.2 Å². The van der Waals surface area contributed by atoms with Crippen LogP contribution in [-0.4, -0.2) is 23.5 Å². The smallest absolute Gasteiger partial charge is 0.313 e. The minimum absolute atomic E-state index is 0.0880. The lowest BCUT2D eigenvalue weighted by molar-refractivity contribution is -0.136. The summed E-state index contributed by atoms with van der Waals surface area (Å²) in [5.74, 6) is -1.95. The molecule has 8 heteroatoms. The molecule has 0 atom stereocenters. The van der Waals surface area contributed by atoms with E-state index < -0.39 is 11.8 Å². The third kappa shape index (κ3) is 5.62. The number of nitrogens with one attached hydrogen (secondary N) is 3. The fourth-order valence-corrected chi connectivity index (χ4v) is 3.55.